The van der Waals surface area contributed by atoms with Crippen LogP contribution in [-0.2, 0) is 0 Å². The highest BCUT2D eigenvalue weighted by atomic mass is 14.7. The van der Waals surface area contributed by atoms with E-state index in [0.717, 1.165) is 5.92 Å². The van der Waals surface area contributed by atoms with E-state index in [1.807, 2.05) is 0 Å². The Morgan fingerprint density at radius 1 is 1.21 bits per heavy atom. The Hall–Kier alpha value is -1.24. The minimum Gasteiger partial charge on any atom is -0.361 e. The molecule has 2 atom stereocenters. The molecule has 1 fully saturated rings. The van der Waals surface area contributed by atoms with Gasteiger partial charge in [0.1, 0.15) is 0 Å². The maximum atomic E-state index is 3.45. The van der Waals surface area contributed by atoms with Crippen LogP contribution < -0.4 is 0 Å². The number of aryl methyl sites for hydroxylation is 1. The third kappa shape index (κ3) is 2.43. The molecule has 0 spiro atoms. The Bertz CT molecular complexity index is 591. The standard InChI is InChI=1S/C18H25N/c1-12-5-6-17-15(8-12)16(11-19-17)14-7-13(2)9-18(3,4)10-14/h5-6,8,11,13-14,19H,7,9-10H2,1-4H3. The zero-order valence-corrected chi connectivity index (χ0v) is 12.6. The molecule has 2 aromatic rings. The van der Waals surface area contributed by atoms with Crippen molar-refractivity contribution >= 4 is 10.9 Å². The summed E-state index contributed by atoms with van der Waals surface area (Å²) in [6.45, 7) is 9.45. The largest absolute Gasteiger partial charge is 0.361 e. The van der Waals surface area contributed by atoms with Gasteiger partial charge in [0.15, 0.2) is 0 Å². The maximum Gasteiger partial charge on any atom is 0.0457 e. The highest BCUT2D eigenvalue weighted by molar-refractivity contribution is 5.84. The minimum atomic E-state index is 0.482. The number of aromatic nitrogens is 1. The van der Waals surface area contributed by atoms with E-state index in [1.165, 1.54) is 35.7 Å². The summed E-state index contributed by atoms with van der Waals surface area (Å²) in [6.07, 6.45) is 6.27. The van der Waals surface area contributed by atoms with Crippen molar-refractivity contribution in [3.05, 3.63) is 35.5 Å². The molecule has 19 heavy (non-hydrogen) atoms. The lowest BCUT2D eigenvalue weighted by atomic mass is 9.66. The van der Waals surface area contributed by atoms with Crippen LogP contribution in [0, 0.1) is 18.3 Å². The van der Waals surface area contributed by atoms with Crippen LogP contribution in [0.15, 0.2) is 24.4 Å². The van der Waals surface area contributed by atoms with Gasteiger partial charge in [-0.2, -0.15) is 0 Å². The topological polar surface area (TPSA) is 15.8 Å². The molecule has 0 amide bonds. The Morgan fingerprint density at radius 2 is 2.00 bits per heavy atom. The fraction of sp³-hybridized carbons (Fsp3) is 0.556. The Balaban J connectivity index is 2.02. The van der Waals surface area contributed by atoms with Gasteiger partial charge in [-0.15, -0.1) is 0 Å². The normalized spacial score (nSPS) is 26.7. The van der Waals surface area contributed by atoms with E-state index < -0.39 is 0 Å². The molecule has 1 heteroatoms. The lowest BCUT2D eigenvalue weighted by Crippen LogP contribution is -2.26. The number of rotatable bonds is 1. The molecule has 1 heterocycles. The van der Waals surface area contributed by atoms with Crippen molar-refractivity contribution in [2.75, 3.05) is 0 Å². The number of H-pyrrole nitrogens is 1. The third-order valence-corrected chi connectivity index (χ3v) is 4.70. The van der Waals surface area contributed by atoms with Crippen molar-refractivity contribution in [3.63, 3.8) is 0 Å². The first kappa shape index (κ1) is 12.8. The lowest BCUT2D eigenvalue weighted by Gasteiger charge is -2.39. The van der Waals surface area contributed by atoms with Crippen molar-refractivity contribution in [1.29, 1.82) is 0 Å². The Morgan fingerprint density at radius 3 is 2.74 bits per heavy atom. The second-order valence-corrected chi connectivity index (χ2v) is 7.40. The fourth-order valence-electron chi connectivity index (χ4n) is 4.18. The summed E-state index contributed by atoms with van der Waals surface area (Å²) in [4.78, 5) is 3.45. The highest BCUT2D eigenvalue weighted by Crippen LogP contribution is 2.47. The summed E-state index contributed by atoms with van der Waals surface area (Å²) in [5.74, 6) is 1.55. The van der Waals surface area contributed by atoms with Crippen LogP contribution in [0.2, 0.25) is 0 Å². The van der Waals surface area contributed by atoms with Crippen LogP contribution in [0.1, 0.15) is 57.1 Å². The zero-order chi connectivity index (χ0) is 13.6. The van der Waals surface area contributed by atoms with Gasteiger partial charge in [-0.05, 0) is 61.1 Å². The quantitative estimate of drug-likeness (QED) is 0.701. The van der Waals surface area contributed by atoms with Gasteiger partial charge in [-0.1, -0.05) is 32.4 Å². The second-order valence-electron chi connectivity index (χ2n) is 7.40. The van der Waals surface area contributed by atoms with Crippen LogP contribution in [0.5, 0.6) is 0 Å². The molecule has 3 rings (SSSR count). The van der Waals surface area contributed by atoms with E-state index in [2.05, 4.69) is 57.1 Å². The summed E-state index contributed by atoms with van der Waals surface area (Å²) in [5, 5.41) is 1.44. The lowest BCUT2D eigenvalue weighted by molar-refractivity contribution is 0.169. The van der Waals surface area contributed by atoms with Crippen LogP contribution in [-0.4, -0.2) is 4.98 Å². The van der Waals surface area contributed by atoms with Crippen LogP contribution in [0.25, 0.3) is 10.9 Å². The van der Waals surface area contributed by atoms with Gasteiger partial charge in [0.25, 0.3) is 0 Å². The van der Waals surface area contributed by atoms with Crippen LogP contribution >= 0.6 is 0 Å². The fourth-order valence-corrected chi connectivity index (χ4v) is 4.18. The molecule has 1 aromatic carbocycles. The molecule has 2 unspecified atom stereocenters. The monoisotopic (exact) mass is 255 g/mol. The molecule has 1 saturated carbocycles. The third-order valence-electron chi connectivity index (χ3n) is 4.70. The first-order chi connectivity index (χ1) is 8.94. The molecule has 1 nitrogen and oxygen atoms in total. The molecular weight excluding hydrogens is 230 g/mol. The van der Waals surface area contributed by atoms with Gasteiger partial charge in [0, 0.05) is 17.1 Å². The Labute approximate surface area is 116 Å². The summed E-state index contributed by atoms with van der Waals surface area (Å²) < 4.78 is 0. The smallest absolute Gasteiger partial charge is 0.0457 e. The summed E-state index contributed by atoms with van der Waals surface area (Å²) in [7, 11) is 0. The number of hydrogen-bond donors (Lipinski definition) is 1. The van der Waals surface area contributed by atoms with Gasteiger partial charge < -0.3 is 4.98 Å². The maximum absolute atomic E-state index is 3.45. The molecule has 102 valence electrons. The first-order valence-corrected chi connectivity index (χ1v) is 7.52. The van der Waals surface area contributed by atoms with Crippen molar-refractivity contribution < 1.29 is 0 Å². The van der Waals surface area contributed by atoms with Gasteiger partial charge in [-0.25, -0.2) is 0 Å². The molecular formula is C18H25N. The van der Waals surface area contributed by atoms with Gasteiger partial charge >= 0.3 is 0 Å². The summed E-state index contributed by atoms with van der Waals surface area (Å²) in [6, 6.07) is 6.75. The van der Waals surface area contributed by atoms with Gasteiger partial charge in [0.2, 0.25) is 0 Å². The van der Waals surface area contributed by atoms with Crippen molar-refractivity contribution in [1.82, 2.24) is 4.98 Å². The van der Waals surface area contributed by atoms with E-state index in [-0.39, 0.29) is 0 Å². The summed E-state index contributed by atoms with van der Waals surface area (Å²) >= 11 is 0. The van der Waals surface area contributed by atoms with Crippen LogP contribution in [0.4, 0.5) is 0 Å². The molecule has 1 aromatic heterocycles. The predicted molar refractivity (Wildman–Crippen MR) is 82.6 cm³/mol. The average Bonchev–Trinajstić information content (AvgIpc) is 2.68. The number of aromatic amines is 1. The molecule has 1 aliphatic rings. The van der Waals surface area contributed by atoms with Crippen molar-refractivity contribution in [3.8, 4) is 0 Å². The molecule has 0 aliphatic heterocycles. The average molecular weight is 255 g/mol. The van der Waals surface area contributed by atoms with E-state index in [1.54, 1.807) is 5.56 Å². The van der Waals surface area contributed by atoms with E-state index >= 15 is 0 Å². The van der Waals surface area contributed by atoms with Gasteiger partial charge in [-0.3, -0.25) is 0 Å². The second kappa shape index (κ2) is 4.40. The number of hydrogen-bond acceptors (Lipinski definition) is 0. The van der Waals surface area contributed by atoms with Crippen molar-refractivity contribution in [2.45, 2.75) is 52.9 Å². The molecule has 0 saturated heterocycles. The highest BCUT2D eigenvalue weighted by Gasteiger charge is 2.33. The molecule has 0 bridgehead atoms. The number of nitrogens with one attached hydrogen (secondary N) is 1. The molecule has 1 aliphatic carbocycles. The van der Waals surface area contributed by atoms with E-state index in [4.69, 9.17) is 0 Å². The van der Waals surface area contributed by atoms with E-state index in [9.17, 15) is 0 Å². The minimum absolute atomic E-state index is 0.482. The SMILES string of the molecule is Cc1ccc2[nH]cc(C3CC(C)CC(C)(C)C3)c2c1. The number of fused-ring (bicyclic) bond motifs is 1. The first-order valence-electron chi connectivity index (χ1n) is 7.52. The number of benzene rings is 1. The zero-order valence-electron chi connectivity index (χ0n) is 12.6. The van der Waals surface area contributed by atoms with Gasteiger partial charge in [0.05, 0.1) is 0 Å². The summed E-state index contributed by atoms with van der Waals surface area (Å²) in [5.41, 5.74) is 4.67. The molecule has 0 radical (unpaired) electrons. The van der Waals surface area contributed by atoms with E-state index in [0.29, 0.717) is 11.3 Å². The van der Waals surface area contributed by atoms with Crippen LogP contribution in [0.3, 0.4) is 0 Å². The molecule has 1 N–H and O–H groups in total. The van der Waals surface area contributed by atoms with Crippen molar-refractivity contribution in [2.24, 2.45) is 11.3 Å². The Kier molecular flexibility index (Phi) is 2.96. The predicted octanol–water partition coefficient (Wildman–Crippen LogP) is 5.41.